The number of hydrogen-bond acceptors (Lipinski definition) is 3. The van der Waals surface area contributed by atoms with E-state index in [1.54, 1.807) is 12.1 Å². The molecule has 1 unspecified atom stereocenters. The molecule has 1 atom stereocenters. The molecule has 0 heterocycles. The molecule has 3 nitrogen and oxygen atoms in total. The van der Waals surface area contributed by atoms with Crippen LogP contribution < -0.4 is 5.32 Å². The first-order valence-corrected chi connectivity index (χ1v) is 6.05. The second-order valence-corrected chi connectivity index (χ2v) is 4.69. The van der Waals surface area contributed by atoms with Gasteiger partial charge < -0.3 is 5.32 Å². The van der Waals surface area contributed by atoms with Crippen molar-refractivity contribution < 1.29 is 4.79 Å². The molecule has 0 fully saturated rings. The molecule has 1 rings (SSSR count). The number of hydrogen-bond donors (Lipinski definition) is 1. The van der Waals surface area contributed by atoms with Crippen LogP contribution in [0.2, 0.25) is 0 Å². The van der Waals surface area contributed by atoms with Crippen LogP contribution in [0.3, 0.4) is 0 Å². The first-order chi connectivity index (χ1) is 8.04. The molecule has 6 heteroatoms. The number of alkyl halides is 2. The van der Waals surface area contributed by atoms with Gasteiger partial charge in [-0.3, -0.25) is 4.79 Å². The summed E-state index contributed by atoms with van der Waals surface area (Å²) in [6.07, 6.45) is -0.787. The van der Waals surface area contributed by atoms with E-state index in [9.17, 15) is 4.79 Å². The molecule has 1 N–H and O–H groups in total. The smallest absolute Gasteiger partial charge is 0.253 e. The van der Waals surface area contributed by atoms with Crippen LogP contribution in [0.1, 0.15) is 15.9 Å². The molecule has 1 amide bonds. The van der Waals surface area contributed by atoms with Crippen molar-refractivity contribution in [3.05, 3.63) is 35.4 Å². The first kappa shape index (κ1) is 14.1. The van der Waals surface area contributed by atoms with Crippen LogP contribution in [0.15, 0.2) is 29.3 Å². The molecule has 0 aromatic heterocycles. The number of carbonyl (C=O) groups excluding carboxylic acids is 1. The quantitative estimate of drug-likeness (QED) is 0.526. The zero-order chi connectivity index (χ0) is 12.8. The fourth-order valence-electron chi connectivity index (χ4n) is 1.13. The van der Waals surface area contributed by atoms with Gasteiger partial charge in [0.05, 0.1) is 5.16 Å². The zero-order valence-electron chi connectivity index (χ0n) is 8.98. The maximum atomic E-state index is 11.8. The molecule has 0 bridgehead atoms. The number of amides is 1. The third-order valence-electron chi connectivity index (χ3n) is 2.02. The number of isothiocyanates is 1. The van der Waals surface area contributed by atoms with Crippen molar-refractivity contribution in [1.82, 2.24) is 5.32 Å². The number of aryl methyl sites for hydroxylation is 1. The van der Waals surface area contributed by atoms with E-state index in [2.05, 4.69) is 27.7 Å². The second-order valence-electron chi connectivity index (χ2n) is 3.34. The van der Waals surface area contributed by atoms with E-state index in [-0.39, 0.29) is 5.91 Å². The molecule has 0 aliphatic carbocycles. The number of aliphatic imine (C=N–C) groups is 1. The Labute approximate surface area is 115 Å². The van der Waals surface area contributed by atoms with Crippen molar-refractivity contribution in [3.63, 3.8) is 0 Å². The summed E-state index contributed by atoms with van der Waals surface area (Å²) in [4.78, 5) is 14.6. The van der Waals surface area contributed by atoms with Crippen LogP contribution in [-0.2, 0) is 0 Å². The first-order valence-electron chi connectivity index (χ1n) is 4.77. The van der Waals surface area contributed by atoms with E-state index in [4.69, 9.17) is 23.2 Å². The summed E-state index contributed by atoms with van der Waals surface area (Å²) in [6, 6.07) is 7.09. The van der Waals surface area contributed by atoms with Crippen molar-refractivity contribution >= 4 is 46.5 Å². The van der Waals surface area contributed by atoms with Crippen molar-refractivity contribution in [2.24, 2.45) is 4.99 Å². The van der Waals surface area contributed by atoms with Gasteiger partial charge in [-0.05, 0) is 31.3 Å². The van der Waals surface area contributed by atoms with Gasteiger partial charge in [0, 0.05) is 5.56 Å². The molecule has 17 heavy (non-hydrogen) atoms. The maximum Gasteiger partial charge on any atom is 0.253 e. The van der Waals surface area contributed by atoms with Crippen LogP contribution in [-0.4, -0.2) is 22.1 Å². The number of nitrogens with zero attached hydrogens (tertiary/aromatic N) is 1. The highest BCUT2D eigenvalue weighted by Crippen LogP contribution is 2.10. The van der Waals surface area contributed by atoms with Gasteiger partial charge in [0.2, 0.25) is 0 Å². The maximum absolute atomic E-state index is 11.8. The van der Waals surface area contributed by atoms with Crippen LogP contribution in [0.5, 0.6) is 0 Å². The Morgan fingerprint density at radius 1 is 1.41 bits per heavy atom. The number of carbonyl (C=O) groups is 1. The molecule has 0 saturated carbocycles. The number of thiocarbonyl (C=S) groups is 1. The highest BCUT2D eigenvalue weighted by molar-refractivity contribution is 7.78. The van der Waals surface area contributed by atoms with Gasteiger partial charge in [0.15, 0.2) is 6.17 Å². The highest BCUT2D eigenvalue weighted by Gasteiger charge is 2.18. The fourth-order valence-corrected chi connectivity index (χ4v) is 1.48. The molecule has 0 spiro atoms. The van der Waals surface area contributed by atoms with E-state index in [1.165, 1.54) is 0 Å². The van der Waals surface area contributed by atoms with Crippen LogP contribution >= 0.6 is 35.4 Å². The largest absolute Gasteiger partial charge is 0.327 e. The number of halogens is 2. The normalized spacial score (nSPS) is 11.8. The molecule has 0 aliphatic rings. The topological polar surface area (TPSA) is 41.5 Å². The summed E-state index contributed by atoms with van der Waals surface area (Å²) in [6.45, 7) is 1.94. The summed E-state index contributed by atoms with van der Waals surface area (Å²) in [5.41, 5.74) is 1.58. The lowest BCUT2D eigenvalue weighted by molar-refractivity contribution is 0.0940. The Balaban J connectivity index is 2.77. The molecule has 0 aliphatic heterocycles. The van der Waals surface area contributed by atoms with E-state index in [1.807, 2.05) is 19.1 Å². The molecule has 1 aromatic carbocycles. The second kappa shape index (κ2) is 6.72. The Kier molecular flexibility index (Phi) is 5.59. The average Bonchev–Trinajstić information content (AvgIpc) is 2.29. The lowest BCUT2D eigenvalue weighted by Crippen LogP contribution is -2.37. The molecular formula is C11H10Cl2N2OS. The summed E-state index contributed by atoms with van der Waals surface area (Å²) < 4.78 is 0. The van der Waals surface area contributed by atoms with Gasteiger partial charge >= 0.3 is 0 Å². The van der Waals surface area contributed by atoms with Gasteiger partial charge in [0.1, 0.15) is 4.84 Å². The average molecular weight is 289 g/mol. The molecular weight excluding hydrogens is 279 g/mol. The van der Waals surface area contributed by atoms with Gasteiger partial charge in [-0.2, -0.15) is 0 Å². The minimum atomic E-state index is -0.875. The third-order valence-corrected chi connectivity index (χ3v) is 2.61. The van der Waals surface area contributed by atoms with Crippen LogP contribution in [0, 0.1) is 6.92 Å². The zero-order valence-corrected chi connectivity index (χ0v) is 11.3. The van der Waals surface area contributed by atoms with Crippen molar-refractivity contribution in [2.75, 3.05) is 0 Å². The SMILES string of the molecule is Cc1ccc(C(=O)NC(N=C=S)C(Cl)Cl)cc1. The Hall–Kier alpha value is -0.930. The number of benzene rings is 1. The minimum Gasteiger partial charge on any atom is -0.327 e. The third kappa shape index (κ3) is 4.44. The summed E-state index contributed by atoms with van der Waals surface area (Å²) >= 11 is 15.7. The van der Waals surface area contributed by atoms with Crippen molar-refractivity contribution in [1.29, 1.82) is 0 Å². The minimum absolute atomic E-state index is 0.310. The monoisotopic (exact) mass is 288 g/mol. The lowest BCUT2D eigenvalue weighted by Gasteiger charge is -2.13. The van der Waals surface area contributed by atoms with Gasteiger partial charge in [0.25, 0.3) is 5.91 Å². The highest BCUT2D eigenvalue weighted by atomic mass is 35.5. The Morgan fingerprint density at radius 2 is 2.00 bits per heavy atom. The van der Waals surface area contributed by atoms with Gasteiger partial charge in [-0.25, -0.2) is 4.99 Å². The Morgan fingerprint density at radius 3 is 2.47 bits per heavy atom. The van der Waals surface area contributed by atoms with Crippen LogP contribution in [0.25, 0.3) is 0 Å². The Bertz CT molecular complexity index is 441. The lowest BCUT2D eigenvalue weighted by atomic mass is 10.1. The van der Waals surface area contributed by atoms with Gasteiger partial charge in [-0.1, -0.05) is 17.7 Å². The van der Waals surface area contributed by atoms with Gasteiger partial charge in [-0.15, -0.1) is 23.2 Å². The predicted molar refractivity (Wildman–Crippen MR) is 73.0 cm³/mol. The van der Waals surface area contributed by atoms with E-state index < -0.39 is 11.0 Å². The van der Waals surface area contributed by atoms with E-state index >= 15 is 0 Å². The number of nitrogens with one attached hydrogen (secondary N) is 1. The summed E-state index contributed by atoms with van der Waals surface area (Å²) in [5.74, 6) is -0.310. The standard InChI is InChI=1S/C11H10Cl2N2OS/c1-7-2-4-8(5-3-7)11(16)15-10(9(12)13)14-6-17/h2-5,9-10H,1H3,(H,15,16). The van der Waals surface area contributed by atoms with Crippen molar-refractivity contribution in [3.8, 4) is 0 Å². The molecule has 0 saturated heterocycles. The summed E-state index contributed by atoms with van der Waals surface area (Å²) in [5, 5.41) is 4.69. The fraction of sp³-hybridized carbons (Fsp3) is 0.273. The predicted octanol–water partition coefficient (Wildman–Crippen LogP) is 2.96. The molecule has 1 aromatic rings. The van der Waals surface area contributed by atoms with E-state index in [0.717, 1.165) is 5.56 Å². The van der Waals surface area contributed by atoms with E-state index in [0.29, 0.717) is 5.56 Å². The molecule has 0 radical (unpaired) electrons. The van der Waals surface area contributed by atoms with Crippen LogP contribution in [0.4, 0.5) is 0 Å². The summed E-state index contributed by atoms with van der Waals surface area (Å²) in [7, 11) is 0. The van der Waals surface area contributed by atoms with Crippen molar-refractivity contribution in [2.45, 2.75) is 17.9 Å². The molecule has 90 valence electrons. The number of rotatable bonds is 4.